The number of hydrogen-bond acceptors (Lipinski definition) is 6. The van der Waals surface area contributed by atoms with Gasteiger partial charge in [-0.3, -0.25) is 0 Å². The van der Waals surface area contributed by atoms with Gasteiger partial charge in [-0.15, -0.1) is 0 Å². The maximum atomic E-state index is 11.2. The zero-order valence-electron chi connectivity index (χ0n) is 45.8. The van der Waals surface area contributed by atoms with Gasteiger partial charge >= 0.3 is 0 Å². The van der Waals surface area contributed by atoms with E-state index in [1.165, 1.54) is 22.3 Å². The van der Waals surface area contributed by atoms with Gasteiger partial charge in [-0.05, 0) is 234 Å². The maximum absolute atomic E-state index is 11.2. The third kappa shape index (κ3) is 10.1. The summed E-state index contributed by atoms with van der Waals surface area (Å²) in [4.78, 5) is 9.26. The number of fused-ring (bicyclic) bond motifs is 2. The Labute approximate surface area is 469 Å². The molecule has 0 saturated heterocycles. The average molecular weight is 1040 g/mol. The van der Waals surface area contributed by atoms with Crippen molar-refractivity contribution in [2.75, 3.05) is 26.7 Å². The molecule has 12 rings (SSSR count). The van der Waals surface area contributed by atoms with Crippen molar-refractivity contribution < 1.29 is 9.84 Å². The molecule has 0 aliphatic heterocycles. The first-order chi connectivity index (χ1) is 39.2. The average Bonchev–Trinajstić information content (AvgIpc) is 3.60. The van der Waals surface area contributed by atoms with Gasteiger partial charge in [-0.25, -0.2) is 0 Å². The van der Waals surface area contributed by atoms with E-state index in [2.05, 4.69) is 314 Å². The summed E-state index contributed by atoms with van der Waals surface area (Å²) in [6.07, 6.45) is 0. The molecule has 390 valence electrons. The largest absolute Gasteiger partial charge is 0.496 e. The van der Waals surface area contributed by atoms with Gasteiger partial charge in [0.25, 0.3) is 0 Å². The second-order valence-electron chi connectivity index (χ2n) is 20.6. The lowest BCUT2D eigenvalue weighted by atomic mass is 9.89. The van der Waals surface area contributed by atoms with Crippen LogP contribution in [0.15, 0.2) is 267 Å². The van der Waals surface area contributed by atoms with Crippen molar-refractivity contribution >= 4 is 89.8 Å². The Balaban J connectivity index is 0.946. The number of anilines is 12. The lowest BCUT2D eigenvalue weighted by Crippen LogP contribution is -2.12. The van der Waals surface area contributed by atoms with Gasteiger partial charge in [0.05, 0.1) is 13.7 Å². The van der Waals surface area contributed by atoms with Gasteiger partial charge in [0.2, 0.25) is 0 Å². The standard InChI is InChI=1S/C74H62N4O2/c1-51-16-12-24-64(44-51)75(58-20-8-6-9-21-58)60-31-35-62(36-32-60)77(66-26-14-18-53(3)46-66)68-39-41-70-55(48-68)28-29-57(50-79)73(70)74-71-42-40-69(49-56(71)30-43-72(74)80-5)78(67-27-15-19-54(4)47-67)63-37-33-61(34-38-63)76(59-22-10-7-11-23-59)65-25-13-17-52(2)45-65/h6-49,79H,50H2,1-5H3. The Morgan fingerprint density at radius 3 is 0.938 bits per heavy atom. The molecule has 0 radical (unpaired) electrons. The summed E-state index contributed by atoms with van der Waals surface area (Å²) in [5, 5.41) is 15.3. The normalized spacial score (nSPS) is 11.2. The van der Waals surface area contributed by atoms with Crippen molar-refractivity contribution in [1.29, 1.82) is 0 Å². The van der Waals surface area contributed by atoms with Crippen LogP contribution in [0.4, 0.5) is 68.2 Å². The molecule has 1 N–H and O–H groups in total. The molecule has 0 amide bonds. The van der Waals surface area contributed by atoms with Crippen molar-refractivity contribution in [2.45, 2.75) is 34.3 Å². The number of hydrogen-bond donors (Lipinski definition) is 1. The van der Waals surface area contributed by atoms with Gasteiger partial charge in [0, 0.05) is 73.8 Å². The van der Waals surface area contributed by atoms with Crippen molar-refractivity contribution in [3.8, 4) is 16.9 Å². The maximum Gasteiger partial charge on any atom is 0.127 e. The summed E-state index contributed by atoms with van der Waals surface area (Å²) < 4.78 is 6.26. The summed E-state index contributed by atoms with van der Waals surface area (Å²) in [6, 6.07) is 95.1. The molecule has 0 aromatic heterocycles. The third-order valence-corrected chi connectivity index (χ3v) is 15.0. The van der Waals surface area contributed by atoms with Crippen LogP contribution in [0.5, 0.6) is 5.75 Å². The van der Waals surface area contributed by atoms with Gasteiger partial charge < -0.3 is 29.4 Å². The van der Waals surface area contributed by atoms with Gasteiger partial charge in [0.15, 0.2) is 0 Å². The molecule has 0 aliphatic carbocycles. The number of aryl methyl sites for hydroxylation is 4. The summed E-state index contributed by atoms with van der Waals surface area (Å²) >= 11 is 0. The van der Waals surface area contributed by atoms with E-state index in [1.807, 2.05) is 0 Å². The van der Waals surface area contributed by atoms with E-state index in [0.717, 1.165) is 112 Å². The molecule has 0 saturated carbocycles. The Morgan fingerprint density at radius 2 is 0.588 bits per heavy atom. The molecule has 0 atom stereocenters. The predicted molar refractivity (Wildman–Crippen MR) is 337 cm³/mol. The molecule has 0 spiro atoms. The second kappa shape index (κ2) is 22.2. The molecular weight excluding hydrogens is 977 g/mol. The molecule has 0 aliphatic rings. The Morgan fingerprint density at radius 1 is 0.287 bits per heavy atom. The highest BCUT2D eigenvalue weighted by Gasteiger charge is 2.23. The summed E-state index contributed by atoms with van der Waals surface area (Å²) in [5.41, 5.74) is 20.2. The van der Waals surface area contributed by atoms with Crippen LogP contribution in [0.1, 0.15) is 27.8 Å². The van der Waals surface area contributed by atoms with Crippen LogP contribution >= 0.6 is 0 Å². The number of benzene rings is 12. The SMILES string of the molecule is COc1ccc2cc(N(c3ccc(N(c4ccccc4)c4cccc(C)c4)cc3)c3cccc(C)c3)ccc2c1-c1c(CO)ccc2cc(N(c3ccc(N(c4ccccc4)c4cccc(C)c4)cc3)c3cccc(C)c3)ccc12. The Bertz CT molecular complexity index is 3890. The summed E-state index contributed by atoms with van der Waals surface area (Å²) in [6.45, 7) is 8.41. The first-order valence-corrected chi connectivity index (χ1v) is 27.3. The quantitative estimate of drug-likeness (QED) is 0.110. The molecule has 12 aromatic rings. The molecule has 0 heterocycles. The summed E-state index contributed by atoms with van der Waals surface area (Å²) in [7, 11) is 1.73. The molecule has 6 nitrogen and oxygen atoms in total. The van der Waals surface area contributed by atoms with Crippen LogP contribution in [0, 0.1) is 27.7 Å². The Hall–Kier alpha value is -9.88. The minimum absolute atomic E-state index is 0.141. The third-order valence-electron chi connectivity index (χ3n) is 15.0. The molecule has 0 bridgehead atoms. The highest BCUT2D eigenvalue weighted by Crippen LogP contribution is 2.47. The monoisotopic (exact) mass is 1040 g/mol. The van der Waals surface area contributed by atoms with Crippen LogP contribution in [0.25, 0.3) is 32.7 Å². The van der Waals surface area contributed by atoms with E-state index >= 15 is 0 Å². The minimum atomic E-state index is -0.141. The lowest BCUT2D eigenvalue weighted by Gasteiger charge is -2.29. The fourth-order valence-corrected chi connectivity index (χ4v) is 11.3. The first kappa shape index (κ1) is 50.9. The van der Waals surface area contributed by atoms with E-state index in [-0.39, 0.29) is 6.61 Å². The highest BCUT2D eigenvalue weighted by molar-refractivity contribution is 6.10. The Kier molecular flexibility index (Phi) is 14.1. The van der Waals surface area contributed by atoms with Crippen LogP contribution in [0.2, 0.25) is 0 Å². The zero-order chi connectivity index (χ0) is 54.7. The molecule has 12 aromatic carbocycles. The number of aliphatic hydroxyl groups is 1. The van der Waals surface area contributed by atoms with E-state index in [9.17, 15) is 5.11 Å². The van der Waals surface area contributed by atoms with Crippen LogP contribution in [-0.4, -0.2) is 12.2 Å². The topological polar surface area (TPSA) is 42.4 Å². The smallest absolute Gasteiger partial charge is 0.127 e. The van der Waals surface area contributed by atoms with Crippen LogP contribution < -0.4 is 24.3 Å². The number of para-hydroxylation sites is 2. The number of rotatable bonds is 15. The minimum Gasteiger partial charge on any atom is -0.496 e. The van der Waals surface area contributed by atoms with Gasteiger partial charge in [-0.2, -0.15) is 0 Å². The van der Waals surface area contributed by atoms with E-state index in [0.29, 0.717) is 0 Å². The number of aliphatic hydroxyl groups excluding tert-OH is 1. The van der Waals surface area contributed by atoms with Crippen LogP contribution in [0.3, 0.4) is 0 Å². The van der Waals surface area contributed by atoms with E-state index < -0.39 is 0 Å². The zero-order valence-corrected chi connectivity index (χ0v) is 45.8. The molecule has 0 fully saturated rings. The molecule has 6 heteroatoms. The fraction of sp³-hybridized carbons (Fsp3) is 0.0811. The molecule has 80 heavy (non-hydrogen) atoms. The van der Waals surface area contributed by atoms with E-state index in [1.54, 1.807) is 7.11 Å². The lowest BCUT2D eigenvalue weighted by molar-refractivity contribution is 0.282. The van der Waals surface area contributed by atoms with Crippen LogP contribution in [-0.2, 0) is 6.61 Å². The van der Waals surface area contributed by atoms with Gasteiger partial charge in [-0.1, -0.05) is 115 Å². The van der Waals surface area contributed by atoms with Crippen molar-refractivity contribution in [2.24, 2.45) is 0 Å². The molecule has 0 unspecified atom stereocenters. The summed E-state index contributed by atoms with van der Waals surface area (Å²) in [5.74, 6) is 0.732. The number of nitrogens with zero attached hydrogens (tertiary/aromatic N) is 4. The van der Waals surface area contributed by atoms with Crippen molar-refractivity contribution in [3.63, 3.8) is 0 Å². The second-order valence-corrected chi connectivity index (χ2v) is 20.6. The predicted octanol–water partition coefficient (Wildman–Crippen LogP) is 20.3. The molecular formula is C74H62N4O2. The van der Waals surface area contributed by atoms with E-state index in [4.69, 9.17) is 4.74 Å². The first-order valence-electron chi connectivity index (χ1n) is 27.3. The van der Waals surface area contributed by atoms with Crippen molar-refractivity contribution in [3.05, 3.63) is 295 Å². The van der Waals surface area contributed by atoms with Gasteiger partial charge in [0.1, 0.15) is 5.75 Å². The number of ether oxygens (including phenoxy) is 1. The van der Waals surface area contributed by atoms with Crippen molar-refractivity contribution in [1.82, 2.24) is 0 Å². The number of methoxy groups -OCH3 is 1. The highest BCUT2D eigenvalue weighted by atomic mass is 16.5. The fourth-order valence-electron chi connectivity index (χ4n) is 11.3.